The molecule has 1 aliphatic rings. The number of halogens is 1. The number of ether oxygens (including phenoxy) is 1. The molecular weight excluding hydrogens is 467 g/mol. The van der Waals surface area contributed by atoms with Crippen molar-refractivity contribution in [2.45, 2.75) is 52.1 Å². The molecule has 0 spiro atoms. The van der Waals surface area contributed by atoms with E-state index in [0.29, 0.717) is 6.54 Å². The topological polar surface area (TPSA) is 76.4 Å². The third-order valence-electron chi connectivity index (χ3n) is 4.77. The van der Waals surface area contributed by atoms with Gasteiger partial charge in [-0.05, 0) is 43.9 Å². The van der Waals surface area contributed by atoms with E-state index in [1.165, 1.54) is 24.8 Å². The Morgan fingerprint density at radius 1 is 1.14 bits per heavy atom. The first kappa shape index (κ1) is 22.4. The fourth-order valence-corrected chi connectivity index (χ4v) is 3.27. The molecule has 7 nitrogen and oxygen atoms in total. The van der Waals surface area contributed by atoms with Crippen molar-refractivity contribution in [3.63, 3.8) is 0 Å². The Kier molecular flexibility index (Phi) is 9.52. The van der Waals surface area contributed by atoms with Crippen LogP contribution in [0.25, 0.3) is 0 Å². The van der Waals surface area contributed by atoms with Gasteiger partial charge in [0.15, 0.2) is 11.8 Å². The molecule has 28 heavy (non-hydrogen) atoms. The Hall–Kier alpha value is -1.84. The normalized spacial score (nSPS) is 13.9. The average Bonchev–Trinajstić information content (AvgIpc) is 2.92. The van der Waals surface area contributed by atoms with E-state index in [1.54, 1.807) is 7.11 Å². The summed E-state index contributed by atoms with van der Waals surface area (Å²) in [5, 5.41) is 15.4. The first-order valence-corrected chi connectivity index (χ1v) is 9.86. The smallest absolute Gasteiger partial charge is 0.191 e. The van der Waals surface area contributed by atoms with Gasteiger partial charge in [-0.25, -0.2) is 4.99 Å². The van der Waals surface area contributed by atoms with Crippen LogP contribution in [0.5, 0.6) is 5.75 Å². The molecule has 8 heteroatoms. The van der Waals surface area contributed by atoms with E-state index in [1.807, 2.05) is 12.1 Å². The van der Waals surface area contributed by atoms with Gasteiger partial charge in [0, 0.05) is 26.1 Å². The van der Waals surface area contributed by atoms with Crippen molar-refractivity contribution in [2.24, 2.45) is 4.99 Å². The van der Waals surface area contributed by atoms with Crippen LogP contribution in [0.4, 0.5) is 0 Å². The van der Waals surface area contributed by atoms with E-state index in [9.17, 15) is 0 Å². The number of aliphatic imine (C=N–C) groups is 1. The van der Waals surface area contributed by atoms with Crippen LogP contribution in [-0.4, -0.2) is 40.9 Å². The number of nitrogens with one attached hydrogen (secondary N) is 2. The summed E-state index contributed by atoms with van der Waals surface area (Å²) >= 11 is 0. The van der Waals surface area contributed by atoms with Crippen LogP contribution in [-0.2, 0) is 25.9 Å². The molecule has 0 amide bonds. The second kappa shape index (κ2) is 11.9. The summed E-state index contributed by atoms with van der Waals surface area (Å²) in [4.78, 5) is 4.70. The Balaban J connectivity index is 0.00000280. The summed E-state index contributed by atoms with van der Waals surface area (Å²) < 4.78 is 7.45. The lowest BCUT2D eigenvalue weighted by atomic mass is 10.1. The van der Waals surface area contributed by atoms with Crippen molar-refractivity contribution in [1.82, 2.24) is 25.4 Å². The second-order valence-electron chi connectivity index (χ2n) is 6.71. The Morgan fingerprint density at radius 2 is 1.96 bits per heavy atom. The van der Waals surface area contributed by atoms with Gasteiger partial charge in [-0.2, -0.15) is 0 Å². The standard InChI is InChI=1S/C20H30N6O.HI/c1-3-21-20(22-13-12-16-8-10-17(27-2)11-9-16)23-15-19-25-24-18-7-5-4-6-14-26(18)19;/h8-11H,3-7,12-15H2,1-2H3,(H2,21,22,23);1H. The lowest BCUT2D eigenvalue weighted by molar-refractivity contribution is 0.414. The minimum Gasteiger partial charge on any atom is -0.497 e. The first-order chi connectivity index (χ1) is 13.3. The number of guanidine groups is 1. The summed E-state index contributed by atoms with van der Waals surface area (Å²) in [7, 11) is 1.68. The number of rotatable bonds is 7. The van der Waals surface area contributed by atoms with Gasteiger partial charge in [0.2, 0.25) is 0 Å². The van der Waals surface area contributed by atoms with Crippen LogP contribution in [0.2, 0.25) is 0 Å². The first-order valence-electron chi connectivity index (χ1n) is 9.86. The Labute approximate surface area is 184 Å². The van der Waals surface area contributed by atoms with Crippen LogP contribution in [0.3, 0.4) is 0 Å². The van der Waals surface area contributed by atoms with E-state index >= 15 is 0 Å². The van der Waals surface area contributed by atoms with Crippen molar-refractivity contribution >= 4 is 29.9 Å². The number of fused-ring (bicyclic) bond motifs is 1. The molecule has 0 saturated carbocycles. The minimum absolute atomic E-state index is 0. The molecule has 2 heterocycles. The Morgan fingerprint density at radius 3 is 2.71 bits per heavy atom. The number of hydrogen-bond acceptors (Lipinski definition) is 4. The molecule has 3 rings (SSSR count). The van der Waals surface area contributed by atoms with Gasteiger partial charge < -0.3 is 19.9 Å². The van der Waals surface area contributed by atoms with Crippen LogP contribution < -0.4 is 15.4 Å². The molecule has 1 aromatic heterocycles. The highest BCUT2D eigenvalue weighted by molar-refractivity contribution is 14.0. The van der Waals surface area contributed by atoms with Gasteiger partial charge in [-0.3, -0.25) is 0 Å². The highest BCUT2D eigenvalue weighted by Gasteiger charge is 2.14. The fourth-order valence-electron chi connectivity index (χ4n) is 3.27. The zero-order chi connectivity index (χ0) is 18.9. The Bertz CT molecular complexity index is 744. The van der Waals surface area contributed by atoms with E-state index < -0.39 is 0 Å². The maximum Gasteiger partial charge on any atom is 0.191 e. The van der Waals surface area contributed by atoms with E-state index in [0.717, 1.165) is 55.8 Å². The number of aromatic nitrogens is 3. The van der Waals surface area contributed by atoms with E-state index in [4.69, 9.17) is 9.73 Å². The molecule has 0 fully saturated rings. The quantitative estimate of drug-likeness (QED) is 0.349. The molecule has 1 aliphatic heterocycles. The average molecular weight is 498 g/mol. The number of hydrogen-bond donors (Lipinski definition) is 2. The molecule has 0 saturated heterocycles. The molecular formula is C20H31IN6O. The van der Waals surface area contributed by atoms with Crippen LogP contribution >= 0.6 is 24.0 Å². The molecule has 0 atom stereocenters. The van der Waals surface area contributed by atoms with E-state index in [-0.39, 0.29) is 24.0 Å². The fraction of sp³-hybridized carbons (Fsp3) is 0.550. The van der Waals surface area contributed by atoms with Crippen LogP contribution in [0, 0.1) is 0 Å². The van der Waals surface area contributed by atoms with Gasteiger partial charge in [0.25, 0.3) is 0 Å². The van der Waals surface area contributed by atoms with Gasteiger partial charge >= 0.3 is 0 Å². The monoisotopic (exact) mass is 498 g/mol. The predicted molar refractivity (Wildman–Crippen MR) is 123 cm³/mol. The summed E-state index contributed by atoms with van der Waals surface area (Å²) in [6.07, 6.45) is 5.62. The molecule has 1 aromatic carbocycles. The minimum atomic E-state index is 0. The SMILES string of the molecule is CCNC(=NCc1nnc2n1CCCCC2)NCCc1ccc(OC)cc1.I. The molecule has 0 bridgehead atoms. The summed E-state index contributed by atoms with van der Waals surface area (Å²) in [5.41, 5.74) is 1.27. The van der Waals surface area contributed by atoms with Crippen molar-refractivity contribution in [3.8, 4) is 5.75 Å². The number of methoxy groups -OCH3 is 1. The summed E-state index contributed by atoms with van der Waals surface area (Å²) in [5.74, 6) is 3.76. The van der Waals surface area contributed by atoms with Gasteiger partial charge in [-0.1, -0.05) is 18.6 Å². The predicted octanol–water partition coefficient (Wildman–Crippen LogP) is 2.93. The second-order valence-corrected chi connectivity index (χ2v) is 6.71. The lowest BCUT2D eigenvalue weighted by Gasteiger charge is -2.12. The third kappa shape index (κ3) is 6.35. The number of benzene rings is 1. The van der Waals surface area contributed by atoms with Gasteiger partial charge in [-0.15, -0.1) is 34.2 Å². The highest BCUT2D eigenvalue weighted by atomic mass is 127. The van der Waals surface area contributed by atoms with Gasteiger partial charge in [0.1, 0.15) is 18.1 Å². The molecule has 2 aromatic rings. The molecule has 154 valence electrons. The number of nitrogens with zero attached hydrogens (tertiary/aromatic N) is 4. The van der Waals surface area contributed by atoms with Gasteiger partial charge in [0.05, 0.1) is 7.11 Å². The molecule has 0 unspecified atom stereocenters. The third-order valence-corrected chi connectivity index (χ3v) is 4.77. The van der Waals surface area contributed by atoms with Crippen molar-refractivity contribution in [1.29, 1.82) is 0 Å². The zero-order valence-corrected chi connectivity index (χ0v) is 19.1. The summed E-state index contributed by atoms with van der Waals surface area (Å²) in [6.45, 7) is 5.27. The summed E-state index contributed by atoms with van der Waals surface area (Å²) in [6, 6.07) is 8.17. The maximum atomic E-state index is 5.20. The molecule has 2 N–H and O–H groups in total. The lowest BCUT2D eigenvalue weighted by Crippen LogP contribution is -2.38. The molecule has 0 radical (unpaired) electrons. The van der Waals surface area contributed by atoms with Crippen LogP contribution in [0.1, 0.15) is 43.4 Å². The van der Waals surface area contributed by atoms with Crippen molar-refractivity contribution in [3.05, 3.63) is 41.5 Å². The molecule has 0 aliphatic carbocycles. The zero-order valence-electron chi connectivity index (χ0n) is 16.8. The van der Waals surface area contributed by atoms with E-state index in [2.05, 4.69) is 44.5 Å². The van der Waals surface area contributed by atoms with Crippen LogP contribution in [0.15, 0.2) is 29.3 Å². The van der Waals surface area contributed by atoms with Crippen molar-refractivity contribution < 1.29 is 4.74 Å². The highest BCUT2D eigenvalue weighted by Crippen LogP contribution is 2.15. The largest absolute Gasteiger partial charge is 0.497 e. The van der Waals surface area contributed by atoms with Crippen molar-refractivity contribution in [2.75, 3.05) is 20.2 Å². The number of aryl methyl sites for hydroxylation is 1. The maximum absolute atomic E-state index is 5.20.